The van der Waals surface area contributed by atoms with E-state index in [0.29, 0.717) is 6.04 Å². The number of thiazole rings is 1. The van der Waals surface area contributed by atoms with Crippen LogP contribution in [0.3, 0.4) is 0 Å². The Morgan fingerprint density at radius 3 is 2.79 bits per heavy atom. The molecule has 1 N–H and O–H groups in total. The molecule has 0 spiro atoms. The molecular formula is C15H26N2OS. The van der Waals surface area contributed by atoms with Gasteiger partial charge in [0.1, 0.15) is 10.6 Å². The third-order valence-corrected chi connectivity index (χ3v) is 4.93. The van der Waals surface area contributed by atoms with Gasteiger partial charge in [-0.3, -0.25) is 0 Å². The molecule has 19 heavy (non-hydrogen) atoms. The molecule has 0 radical (unpaired) electrons. The van der Waals surface area contributed by atoms with Crippen molar-refractivity contribution in [2.75, 3.05) is 13.2 Å². The first kappa shape index (κ1) is 14.9. The highest BCUT2D eigenvalue weighted by molar-refractivity contribution is 7.09. The Labute approximate surface area is 120 Å². The summed E-state index contributed by atoms with van der Waals surface area (Å²) in [5.74, 6) is 0. The highest BCUT2D eigenvalue weighted by Crippen LogP contribution is 2.43. The Morgan fingerprint density at radius 2 is 2.16 bits per heavy atom. The minimum absolute atomic E-state index is 0.0812. The summed E-state index contributed by atoms with van der Waals surface area (Å²) in [6.45, 7) is 8.29. The summed E-state index contributed by atoms with van der Waals surface area (Å²) >= 11 is 1.77. The predicted octanol–water partition coefficient (Wildman–Crippen LogP) is 4.01. The third-order valence-electron chi connectivity index (χ3n) is 3.89. The van der Waals surface area contributed by atoms with E-state index in [1.807, 2.05) is 0 Å². The molecule has 4 heteroatoms. The zero-order valence-electron chi connectivity index (χ0n) is 12.4. The van der Waals surface area contributed by atoms with Gasteiger partial charge >= 0.3 is 0 Å². The standard InChI is InChI=1S/C15H26N2OS/c1-4-10-16-12(3)13-11-19-14(17-13)15(18-5-2)8-6-7-9-15/h11-12,16H,4-10H2,1-3H3. The maximum Gasteiger partial charge on any atom is 0.125 e. The van der Waals surface area contributed by atoms with E-state index >= 15 is 0 Å². The van der Waals surface area contributed by atoms with Crippen LogP contribution in [-0.2, 0) is 10.3 Å². The second-order valence-electron chi connectivity index (χ2n) is 5.39. The third kappa shape index (κ3) is 3.36. The smallest absolute Gasteiger partial charge is 0.125 e. The van der Waals surface area contributed by atoms with Crippen LogP contribution < -0.4 is 5.32 Å². The van der Waals surface area contributed by atoms with Gasteiger partial charge in [0.2, 0.25) is 0 Å². The van der Waals surface area contributed by atoms with E-state index in [2.05, 4.69) is 31.5 Å². The maximum absolute atomic E-state index is 6.08. The van der Waals surface area contributed by atoms with Crippen LogP contribution in [0.5, 0.6) is 0 Å². The lowest BCUT2D eigenvalue weighted by Crippen LogP contribution is -2.26. The van der Waals surface area contributed by atoms with Crippen molar-refractivity contribution in [3.05, 3.63) is 16.1 Å². The lowest BCUT2D eigenvalue weighted by Gasteiger charge is -2.26. The predicted molar refractivity (Wildman–Crippen MR) is 80.6 cm³/mol. The van der Waals surface area contributed by atoms with Gasteiger partial charge < -0.3 is 10.1 Å². The first-order chi connectivity index (χ1) is 9.22. The molecule has 0 aliphatic heterocycles. The van der Waals surface area contributed by atoms with Crippen LogP contribution >= 0.6 is 11.3 Å². The Hall–Kier alpha value is -0.450. The van der Waals surface area contributed by atoms with Crippen LogP contribution in [0.15, 0.2) is 5.38 Å². The van der Waals surface area contributed by atoms with Crippen molar-refractivity contribution >= 4 is 11.3 Å². The molecule has 0 bridgehead atoms. The van der Waals surface area contributed by atoms with Gasteiger partial charge in [0.15, 0.2) is 0 Å². The fourth-order valence-corrected chi connectivity index (χ4v) is 3.93. The van der Waals surface area contributed by atoms with E-state index in [9.17, 15) is 0 Å². The highest BCUT2D eigenvalue weighted by Gasteiger charge is 2.39. The lowest BCUT2D eigenvalue weighted by atomic mass is 10.0. The number of ether oxygens (including phenoxy) is 1. The molecule has 1 heterocycles. The molecule has 1 fully saturated rings. The Morgan fingerprint density at radius 1 is 1.42 bits per heavy atom. The van der Waals surface area contributed by atoms with Crippen molar-refractivity contribution in [3.63, 3.8) is 0 Å². The second-order valence-corrected chi connectivity index (χ2v) is 6.25. The Bertz CT molecular complexity index is 385. The van der Waals surface area contributed by atoms with Crippen LogP contribution in [0.2, 0.25) is 0 Å². The van der Waals surface area contributed by atoms with Gasteiger partial charge in [-0.25, -0.2) is 4.98 Å². The van der Waals surface area contributed by atoms with Gasteiger partial charge in [-0.05, 0) is 39.7 Å². The van der Waals surface area contributed by atoms with E-state index < -0.39 is 0 Å². The molecular weight excluding hydrogens is 256 g/mol. The number of rotatable bonds is 7. The van der Waals surface area contributed by atoms with Crippen LogP contribution in [0.25, 0.3) is 0 Å². The molecule has 0 saturated heterocycles. The van der Waals surface area contributed by atoms with Gasteiger partial charge in [0, 0.05) is 18.0 Å². The van der Waals surface area contributed by atoms with Crippen molar-refractivity contribution in [2.45, 2.75) is 64.5 Å². The lowest BCUT2D eigenvalue weighted by molar-refractivity contribution is -0.0392. The molecule has 1 aliphatic rings. The molecule has 1 aliphatic carbocycles. The van der Waals surface area contributed by atoms with Crippen LogP contribution in [0.4, 0.5) is 0 Å². The fourth-order valence-electron chi connectivity index (χ4n) is 2.80. The first-order valence-electron chi connectivity index (χ1n) is 7.55. The topological polar surface area (TPSA) is 34.1 Å². The number of hydrogen-bond donors (Lipinski definition) is 1. The maximum atomic E-state index is 6.08. The van der Waals surface area contributed by atoms with Gasteiger partial charge in [0.25, 0.3) is 0 Å². The van der Waals surface area contributed by atoms with Crippen molar-refractivity contribution in [3.8, 4) is 0 Å². The summed E-state index contributed by atoms with van der Waals surface area (Å²) in [7, 11) is 0. The molecule has 108 valence electrons. The van der Waals surface area contributed by atoms with E-state index in [1.54, 1.807) is 11.3 Å². The number of aromatic nitrogens is 1. The van der Waals surface area contributed by atoms with Crippen molar-refractivity contribution in [1.29, 1.82) is 0 Å². The fraction of sp³-hybridized carbons (Fsp3) is 0.800. The van der Waals surface area contributed by atoms with E-state index in [0.717, 1.165) is 32.4 Å². The Balaban J connectivity index is 2.10. The van der Waals surface area contributed by atoms with E-state index in [1.165, 1.54) is 23.5 Å². The van der Waals surface area contributed by atoms with Crippen LogP contribution in [0, 0.1) is 0 Å². The number of nitrogens with one attached hydrogen (secondary N) is 1. The molecule has 3 nitrogen and oxygen atoms in total. The average Bonchev–Trinajstić information content (AvgIpc) is 3.05. The van der Waals surface area contributed by atoms with E-state index in [-0.39, 0.29) is 5.60 Å². The number of hydrogen-bond acceptors (Lipinski definition) is 4. The zero-order valence-corrected chi connectivity index (χ0v) is 13.2. The molecule has 1 aromatic rings. The molecule has 1 aromatic heterocycles. The molecule has 2 rings (SSSR count). The van der Waals surface area contributed by atoms with Crippen LogP contribution in [-0.4, -0.2) is 18.1 Å². The van der Waals surface area contributed by atoms with E-state index in [4.69, 9.17) is 9.72 Å². The summed E-state index contributed by atoms with van der Waals surface area (Å²) < 4.78 is 6.08. The molecule has 1 unspecified atom stereocenters. The van der Waals surface area contributed by atoms with Crippen molar-refractivity contribution in [1.82, 2.24) is 10.3 Å². The van der Waals surface area contributed by atoms with Gasteiger partial charge in [-0.1, -0.05) is 19.8 Å². The van der Waals surface area contributed by atoms with Gasteiger partial charge in [-0.15, -0.1) is 11.3 Å². The van der Waals surface area contributed by atoms with Crippen molar-refractivity contribution in [2.24, 2.45) is 0 Å². The Kier molecular flexibility index (Phi) is 5.37. The monoisotopic (exact) mass is 282 g/mol. The summed E-state index contributed by atoms with van der Waals surface area (Å²) in [6.07, 6.45) is 5.94. The zero-order chi connectivity index (χ0) is 13.7. The SMILES string of the molecule is CCCNC(C)c1csc(C2(OCC)CCCC2)n1. The second kappa shape index (κ2) is 6.82. The molecule has 1 saturated carbocycles. The summed E-state index contributed by atoms with van der Waals surface area (Å²) in [6, 6.07) is 0.338. The normalized spacial score (nSPS) is 19.7. The van der Waals surface area contributed by atoms with Gasteiger partial charge in [0.05, 0.1) is 5.69 Å². The van der Waals surface area contributed by atoms with Crippen LogP contribution in [0.1, 0.15) is 69.6 Å². The molecule has 0 amide bonds. The van der Waals surface area contributed by atoms with Gasteiger partial charge in [-0.2, -0.15) is 0 Å². The largest absolute Gasteiger partial charge is 0.368 e. The quantitative estimate of drug-likeness (QED) is 0.820. The summed E-state index contributed by atoms with van der Waals surface area (Å²) in [4.78, 5) is 4.87. The number of nitrogens with zero attached hydrogens (tertiary/aromatic N) is 1. The summed E-state index contributed by atoms with van der Waals surface area (Å²) in [5.41, 5.74) is 1.08. The van der Waals surface area contributed by atoms with Crippen molar-refractivity contribution < 1.29 is 4.74 Å². The molecule has 1 atom stereocenters. The summed E-state index contributed by atoms with van der Waals surface area (Å²) in [5, 5.41) is 6.88. The minimum Gasteiger partial charge on any atom is -0.368 e. The average molecular weight is 282 g/mol. The minimum atomic E-state index is -0.0812. The molecule has 0 aromatic carbocycles. The highest BCUT2D eigenvalue weighted by atomic mass is 32.1. The first-order valence-corrected chi connectivity index (χ1v) is 8.43.